The maximum absolute atomic E-state index is 12.9. The van der Waals surface area contributed by atoms with Gasteiger partial charge in [0.15, 0.2) is 0 Å². The van der Waals surface area contributed by atoms with Crippen LogP contribution in [0.2, 0.25) is 0 Å². The Hall–Kier alpha value is -1.93. The second kappa shape index (κ2) is 10.2. The number of rotatable bonds is 8. The lowest BCUT2D eigenvalue weighted by atomic mass is 10.0. The molecule has 0 spiro atoms. The minimum atomic E-state index is -3.57. The zero-order chi connectivity index (χ0) is 21.6. The van der Waals surface area contributed by atoms with Crippen molar-refractivity contribution in [2.75, 3.05) is 32.7 Å². The monoisotopic (exact) mass is 423 g/mol. The van der Waals surface area contributed by atoms with Crippen LogP contribution in [0.25, 0.3) is 0 Å². The number of hydrogen-bond donors (Lipinski definition) is 1. The maximum Gasteiger partial charge on any atom is 0.243 e. The van der Waals surface area contributed by atoms with E-state index in [-0.39, 0.29) is 36.3 Å². The van der Waals surface area contributed by atoms with Crippen molar-refractivity contribution in [1.29, 1.82) is 0 Å². The van der Waals surface area contributed by atoms with Gasteiger partial charge in [0, 0.05) is 32.6 Å². The Morgan fingerprint density at radius 2 is 1.59 bits per heavy atom. The van der Waals surface area contributed by atoms with E-state index in [4.69, 9.17) is 0 Å². The Morgan fingerprint density at radius 3 is 2.10 bits per heavy atom. The lowest BCUT2D eigenvalue weighted by Gasteiger charge is -2.34. The molecule has 0 saturated carbocycles. The SMILES string of the molecule is CC(C)CCC(=O)NCC(=O)N1CCN(S(=O)(=O)c2ccc(C(C)C)cc2)CC1. The summed E-state index contributed by atoms with van der Waals surface area (Å²) in [5.74, 6) is 0.472. The Labute approximate surface area is 174 Å². The van der Waals surface area contributed by atoms with Crippen molar-refractivity contribution in [3.05, 3.63) is 29.8 Å². The lowest BCUT2D eigenvalue weighted by molar-refractivity contribution is -0.133. The van der Waals surface area contributed by atoms with Crippen molar-refractivity contribution in [2.45, 2.75) is 51.3 Å². The van der Waals surface area contributed by atoms with Gasteiger partial charge >= 0.3 is 0 Å². The molecule has 1 heterocycles. The van der Waals surface area contributed by atoms with Gasteiger partial charge in [0.25, 0.3) is 0 Å². The van der Waals surface area contributed by atoms with E-state index < -0.39 is 10.0 Å². The summed E-state index contributed by atoms with van der Waals surface area (Å²) in [5.41, 5.74) is 1.09. The molecular weight excluding hydrogens is 390 g/mol. The fourth-order valence-electron chi connectivity index (χ4n) is 3.15. The van der Waals surface area contributed by atoms with Crippen molar-refractivity contribution in [3.8, 4) is 0 Å². The van der Waals surface area contributed by atoms with Crippen molar-refractivity contribution in [1.82, 2.24) is 14.5 Å². The van der Waals surface area contributed by atoms with E-state index in [2.05, 4.69) is 19.2 Å². The number of nitrogens with one attached hydrogen (secondary N) is 1. The van der Waals surface area contributed by atoms with Gasteiger partial charge in [-0.1, -0.05) is 39.8 Å². The van der Waals surface area contributed by atoms with Gasteiger partial charge in [-0.3, -0.25) is 9.59 Å². The van der Waals surface area contributed by atoms with Crippen molar-refractivity contribution in [3.63, 3.8) is 0 Å². The van der Waals surface area contributed by atoms with Crippen LogP contribution >= 0.6 is 0 Å². The minimum absolute atomic E-state index is 0.0413. The van der Waals surface area contributed by atoms with Gasteiger partial charge in [-0.25, -0.2) is 8.42 Å². The molecule has 1 aromatic carbocycles. The predicted molar refractivity (Wildman–Crippen MR) is 113 cm³/mol. The average Bonchev–Trinajstić information content (AvgIpc) is 2.70. The first kappa shape index (κ1) is 23.3. The average molecular weight is 424 g/mol. The Bertz CT molecular complexity index is 796. The number of sulfonamides is 1. The van der Waals surface area contributed by atoms with Crippen LogP contribution < -0.4 is 5.32 Å². The largest absolute Gasteiger partial charge is 0.347 e. The van der Waals surface area contributed by atoms with Crippen LogP contribution in [0.15, 0.2) is 29.2 Å². The predicted octanol–water partition coefficient (Wildman–Crippen LogP) is 2.20. The number of hydrogen-bond acceptors (Lipinski definition) is 4. The summed E-state index contributed by atoms with van der Waals surface area (Å²) in [7, 11) is -3.57. The van der Waals surface area contributed by atoms with E-state index in [0.29, 0.717) is 31.3 Å². The van der Waals surface area contributed by atoms with Crippen molar-refractivity contribution in [2.24, 2.45) is 5.92 Å². The van der Waals surface area contributed by atoms with E-state index in [1.165, 1.54) is 4.31 Å². The molecule has 1 aromatic rings. The van der Waals surface area contributed by atoms with Gasteiger partial charge in [-0.2, -0.15) is 4.31 Å². The van der Waals surface area contributed by atoms with Gasteiger partial charge in [0.05, 0.1) is 11.4 Å². The third-order valence-electron chi connectivity index (χ3n) is 5.16. The summed E-state index contributed by atoms with van der Waals surface area (Å²) in [6, 6.07) is 6.99. The highest BCUT2D eigenvalue weighted by atomic mass is 32.2. The smallest absolute Gasteiger partial charge is 0.243 e. The maximum atomic E-state index is 12.9. The highest BCUT2D eigenvalue weighted by Gasteiger charge is 2.30. The van der Waals surface area contributed by atoms with Crippen molar-refractivity contribution >= 4 is 21.8 Å². The molecular formula is C21H33N3O4S. The van der Waals surface area contributed by atoms with E-state index >= 15 is 0 Å². The molecule has 0 aromatic heterocycles. The van der Waals surface area contributed by atoms with Gasteiger partial charge in [-0.15, -0.1) is 0 Å². The molecule has 1 N–H and O–H groups in total. The summed E-state index contributed by atoms with van der Waals surface area (Å²) in [4.78, 5) is 26.0. The standard InChI is InChI=1S/C21H33N3O4S/c1-16(2)5-10-20(25)22-15-21(26)23-11-13-24(14-12-23)29(27,28)19-8-6-18(7-9-19)17(3)4/h6-9,16-17H,5,10-15H2,1-4H3,(H,22,25). The second-order valence-corrected chi connectivity index (χ2v) is 10.2. The van der Waals surface area contributed by atoms with Gasteiger partial charge in [-0.05, 0) is 36.0 Å². The van der Waals surface area contributed by atoms with Crippen molar-refractivity contribution < 1.29 is 18.0 Å². The summed E-state index contributed by atoms with van der Waals surface area (Å²) in [5, 5.41) is 2.65. The van der Waals surface area contributed by atoms with E-state index in [9.17, 15) is 18.0 Å². The first-order chi connectivity index (χ1) is 13.6. The van der Waals surface area contributed by atoms with Gasteiger partial charge in [0.2, 0.25) is 21.8 Å². The molecule has 2 rings (SSSR count). The lowest BCUT2D eigenvalue weighted by Crippen LogP contribution is -2.52. The summed E-state index contributed by atoms with van der Waals surface area (Å²) >= 11 is 0. The first-order valence-electron chi connectivity index (χ1n) is 10.3. The molecule has 0 unspecified atom stereocenters. The van der Waals surface area contributed by atoms with E-state index in [1.54, 1.807) is 17.0 Å². The van der Waals surface area contributed by atoms with Crippen LogP contribution in [-0.2, 0) is 19.6 Å². The van der Waals surface area contributed by atoms with Crippen LogP contribution in [-0.4, -0.2) is 62.2 Å². The first-order valence-corrected chi connectivity index (χ1v) is 11.7. The highest BCUT2D eigenvalue weighted by molar-refractivity contribution is 7.89. The molecule has 1 saturated heterocycles. The molecule has 0 aliphatic carbocycles. The van der Waals surface area contributed by atoms with E-state index in [0.717, 1.165) is 12.0 Å². The molecule has 7 nitrogen and oxygen atoms in total. The normalized spacial score (nSPS) is 15.7. The molecule has 1 aliphatic heterocycles. The summed E-state index contributed by atoms with van der Waals surface area (Å²) in [6.07, 6.45) is 1.20. The number of amides is 2. The van der Waals surface area contributed by atoms with Gasteiger partial charge in [0.1, 0.15) is 0 Å². The molecule has 1 fully saturated rings. The molecule has 8 heteroatoms. The Morgan fingerprint density at radius 1 is 1.00 bits per heavy atom. The van der Waals surface area contributed by atoms with Crippen LogP contribution in [0.1, 0.15) is 52.0 Å². The van der Waals surface area contributed by atoms with Crippen LogP contribution in [0.5, 0.6) is 0 Å². The van der Waals surface area contributed by atoms with Gasteiger partial charge < -0.3 is 10.2 Å². The topological polar surface area (TPSA) is 86.8 Å². The minimum Gasteiger partial charge on any atom is -0.347 e. The van der Waals surface area contributed by atoms with E-state index in [1.807, 2.05) is 26.0 Å². The molecule has 0 bridgehead atoms. The van der Waals surface area contributed by atoms with Crippen LogP contribution in [0.3, 0.4) is 0 Å². The number of piperazine rings is 1. The zero-order valence-corrected chi connectivity index (χ0v) is 18.7. The number of nitrogens with zero attached hydrogens (tertiary/aromatic N) is 2. The fraction of sp³-hybridized carbons (Fsp3) is 0.619. The summed E-state index contributed by atoms with van der Waals surface area (Å²) in [6.45, 7) is 9.32. The third kappa shape index (κ3) is 6.54. The fourth-order valence-corrected chi connectivity index (χ4v) is 4.57. The molecule has 162 valence electrons. The number of carbonyl (C=O) groups is 2. The Balaban J connectivity index is 1.86. The molecule has 1 aliphatic rings. The Kier molecular flexibility index (Phi) is 8.22. The van der Waals surface area contributed by atoms with Crippen LogP contribution in [0.4, 0.5) is 0 Å². The molecule has 0 atom stereocenters. The number of carbonyl (C=O) groups excluding carboxylic acids is 2. The number of benzene rings is 1. The second-order valence-electron chi connectivity index (χ2n) is 8.22. The zero-order valence-electron chi connectivity index (χ0n) is 17.8. The molecule has 29 heavy (non-hydrogen) atoms. The quantitative estimate of drug-likeness (QED) is 0.694. The van der Waals surface area contributed by atoms with Crippen LogP contribution in [0, 0.1) is 5.92 Å². The molecule has 0 radical (unpaired) electrons. The third-order valence-corrected chi connectivity index (χ3v) is 7.07. The molecule has 2 amide bonds. The summed E-state index contributed by atoms with van der Waals surface area (Å²) < 4.78 is 27.1. The highest BCUT2D eigenvalue weighted by Crippen LogP contribution is 2.21.